The van der Waals surface area contributed by atoms with Crippen molar-refractivity contribution in [3.05, 3.63) is 188 Å². The Morgan fingerprint density at radius 1 is 0.288 bits per heavy atom. The number of benzene rings is 6. The van der Waals surface area contributed by atoms with Crippen molar-refractivity contribution in [2.75, 3.05) is 0 Å². The van der Waals surface area contributed by atoms with E-state index in [0.717, 1.165) is 61.5 Å². The van der Waals surface area contributed by atoms with E-state index in [1.54, 1.807) is 0 Å². The van der Waals surface area contributed by atoms with Crippen LogP contribution in [-0.4, -0.2) is 24.9 Å². The van der Waals surface area contributed by atoms with Gasteiger partial charge in [0.2, 0.25) is 0 Å². The van der Waals surface area contributed by atoms with E-state index in [0.29, 0.717) is 17.5 Å². The second-order valence-corrected chi connectivity index (χ2v) is 12.6. The Morgan fingerprint density at radius 3 is 1.29 bits per heavy atom. The van der Waals surface area contributed by atoms with Gasteiger partial charge in [0.1, 0.15) is 0 Å². The molecule has 0 radical (unpaired) electrons. The highest BCUT2D eigenvalue weighted by molar-refractivity contribution is 6.01. The number of aromatic nitrogens is 5. The summed E-state index contributed by atoms with van der Waals surface area (Å²) in [6.07, 6.45) is 3.67. The lowest BCUT2D eigenvalue weighted by Gasteiger charge is -2.15. The summed E-state index contributed by atoms with van der Waals surface area (Å²) in [5.41, 5.74) is 11.2. The van der Waals surface area contributed by atoms with Gasteiger partial charge in [0.05, 0.1) is 11.4 Å². The van der Waals surface area contributed by atoms with Gasteiger partial charge in [-0.2, -0.15) is 0 Å². The number of nitrogens with zero attached hydrogens (tertiary/aromatic N) is 5. The van der Waals surface area contributed by atoms with Crippen molar-refractivity contribution < 1.29 is 0 Å². The lowest BCUT2D eigenvalue weighted by Crippen LogP contribution is -2.00. The van der Waals surface area contributed by atoms with Gasteiger partial charge in [-0.15, -0.1) is 0 Å². The first-order chi connectivity index (χ1) is 25.7. The smallest absolute Gasteiger partial charge is 0.164 e. The standard InChI is InChI=1S/C47H31N5/c1-3-13-33(14-4-1)45-50-46(34-15-5-2-6-16-34)52-47(51-45)35-23-21-32(22-24-35)37-27-36-17-7-8-18-41(36)42(31-37)38-28-39(43-19-9-11-25-48-43)30-40(29-38)44-20-10-12-26-49-44/h1-31H. The zero-order valence-corrected chi connectivity index (χ0v) is 28.1. The summed E-state index contributed by atoms with van der Waals surface area (Å²) in [5, 5.41) is 2.35. The number of hydrogen-bond acceptors (Lipinski definition) is 5. The topological polar surface area (TPSA) is 64.5 Å². The second-order valence-electron chi connectivity index (χ2n) is 12.6. The van der Waals surface area contributed by atoms with Gasteiger partial charge in [0.15, 0.2) is 17.5 Å². The molecule has 6 aromatic carbocycles. The molecule has 0 fully saturated rings. The molecular formula is C47H31N5. The lowest BCUT2D eigenvalue weighted by molar-refractivity contribution is 1.07. The summed E-state index contributed by atoms with van der Waals surface area (Å²) in [7, 11) is 0. The normalized spacial score (nSPS) is 11.1. The molecule has 0 N–H and O–H groups in total. The van der Waals surface area contributed by atoms with Gasteiger partial charge in [-0.05, 0) is 87.6 Å². The van der Waals surface area contributed by atoms with Gasteiger partial charge >= 0.3 is 0 Å². The van der Waals surface area contributed by atoms with Crippen LogP contribution < -0.4 is 0 Å². The van der Waals surface area contributed by atoms with Gasteiger partial charge in [0.25, 0.3) is 0 Å². The van der Waals surface area contributed by atoms with Crippen molar-refractivity contribution in [2.24, 2.45) is 0 Å². The largest absolute Gasteiger partial charge is 0.256 e. The average Bonchev–Trinajstić information content (AvgIpc) is 3.24. The Balaban J connectivity index is 1.15. The van der Waals surface area contributed by atoms with E-state index in [4.69, 9.17) is 15.0 Å². The van der Waals surface area contributed by atoms with E-state index in [2.05, 4.69) is 101 Å². The SMILES string of the molecule is c1ccc(-c2nc(-c3ccccc3)nc(-c3ccc(-c4cc(-c5cc(-c6ccccn6)cc(-c6ccccn6)c5)c5ccccc5c4)cc3)n2)cc1. The third-order valence-electron chi connectivity index (χ3n) is 9.20. The van der Waals surface area contributed by atoms with Gasteiger partial charge < -0.3 is 0 Å². The first-order valence-corrected chi connectivity index (χ1v) is 17.2. The van der Waals surface area contributed by atoms with Gasteiger partial charge in [-0.3, -0.25) is 9.97 Å². The minimum atomic E-state index is 0.631. The molecule has 3 heterocycles. The summed E-state index contributed by atoms with van der Waals surface area (Å²) in [6, 6.07) is 60.4. The van der Waals surface area contributed by atoms with Crippen molar-refractivity contribution in [1.29, 1.82) is 0 Å². The maximum Gasteiger partial charge on any atom is 0.164 e. The van der Waals surface area contributed by atoms with Crippen LogP contribution in [0.2, 0.25) is 0 Å². The maximum absolute atomic E-state index is 4.93. The molecule has 9 rings (SSSR count). The lowest BCUT2D eigenvalue weighted by atomic mass is 9.90. The highest BCUT2D eigenvalue weighted by Gasteiger charge is 2.15. The summed E-state index contributed by atoms with van der Waals surface area (Å²) in [6.45, 7) is 0. The molecule has 0 spiro atoms. The summed E-state index contributed by atoms with van der Waals surface area (Å²) in [4.78, 5) is 24.1. The zero-order valence-electron chi connectivity index (χ0n) is 28.1. The van der Waals surface area contributed by atoms with Crippen LogP contribution in [0.25, 0.3) is 89.7 Å². The predicted octanol–water partition coefficient (Wildman–Crippen LogP) is 11.5. The molecule has 244 valence electrons. The van der Waals surface area contributed by atoms with Crippen molar-refractivity contribution in [3.63, 3.8) is 0 Å². The molecule has 0 aliphatic carbocycles. The van der Waals surface area contributed by atoms with Gasteiger partial charge in [0, 0.05) is 40.2 Å². The Morgan fingerprint density at radius 2 is 0.750 bits per heavy atom. The van der Waals surface area contributed by atoms with E-state index in [1.807, 2.05) is 97.3 Å². The van der Waals surface area contributed by atoms with E-state index in [-0.39, 0.29) is 0 Å². The molecule has 0 aliphatic rings. The van der Waals surface area contributed by atoms with Crippen LogP contribution in [0.1, 0.15) is 0 Å². The molecule has 0 atom stereocenters. The van der Waals surface area contributed by atoms with E-state index >= 15 is 0 Å². The minimum absolute atomic E-state index is 0.631. The fourth-order valence-electron chi connectivity index (χ4n) is 6.61. The average molecular weight is 666 g/mol. The number of fused-ring (bicyclic) bond motifs is 1. The molecule has 0 amide bonds. The molecule has 9 aromatic rings. The predicted molar refractivity (Wildman–Crippen MR) is 211 cm³/mol. The Kier molecular flexibility index (Phi) is 8.12. The third kappa shape index (κ3) is 6.23. The Bertz CT molecular complexity index is 2530. The molecule has 0 unspecified atom stereocenters. The van der Waals surface area contributed by atoms with Crippen molar-refractivity contribution in [3.8, 4) is 78.9 Å². The number of hydrogen-bond donors (Lipinski definition) is 0. The van der Waals surface area contributed by atoms with Crippen LogP contribution in [-0.2, 0) is 0 Å². The minimum Gasteiger partial charge on any atom is -0.256 e. The highest BCUT2D eigenvalue weighted by Crippen LogP contribution is 2.38. The molecule has 52 heavy (non-hydrogen) atoms. The van der Waals surface area contributed by atoms with Crippen molar-refractivity contribution in [1.82, 2.24) is 24.9 Å². The second kappa shape index (κ2) is 13.7. The van der Waals surface area contributed by atoms with Gasteiger partial charge in [-0.1, -0.05) is 121 Å². The molecule has 5 heteroatoms. The zero-order chi connectivity index (χ0) is 34.7. The fraction of sp³-hybridized carbons (Fsp3) is 0. The monoisotopic (exact) mass is 665 g/mol. The Hall–Kier alpha value is -7.11. The maximum atomic E-state index is 4.93. The molecule has 5 nitrogen and oxygen atoms in total. The number of pyridine rings is 2. The van der Waals surface area contributed by atoms with Crippen LogP contribution in [0, 0.1) is 0 Å². The van der Waals surface area contributed by atoms with Crippen molar-refractivity contribution in [2.45, 2.75) is 0 Å². The molecule has 0 saturated carbocycles. The van der Waals surface area contributed by atoms with E-state index in [9.17, 15) is 0 Å². The first kappa shape index (κ1) is 30.9. The summed E-state index contributed by atoms with van der Waals surface area (Å²) >= 11 is 0. The van der Waals surface area contributed by atoms with Crippen LogP contribution in [0.4, 0.5) is 0 Å². The Labute approximate surface area is 302 Å². The molecule has 3 aromatic heterocycles. The molecule has 0 bridgehead atoms. The van der Waals surface area contributed by atoms with Crippen LogP contribution in [0.3, 0.4) is 0 Å². The van der Waals surface area contributed by atoms with Crippen LogP contribution >= 0.6 is 0 Å². The summed E-state index contributed by atoms with van der Waals surface area (Å²) < 4.78 is 0. The fourth-order valence-corrected chi connectivity index (χ4v) is 6.61. The first-order valence-electron chi connectivity index (χ1n) is 17.2. The molecule has 0 aliphatic heterocycles. The van der Waals surface area contributed by atoms with Crippen molar-refractivity contribution >= 4 is 10.8 Å². The van der Waals surface area contributed by atoms with Gasteiger partial charge in [-0.25, -0.2) is 15.0 Å². The van der Waals surface area contributed by atoms with E-state index < -0.39 is 0 Å². The highest BCUT2D eigenvalue weighted by atomic mass is 15.0. The quantitative estimate of drug-likeness (QED) is 0.169. The van der Waals surface area contributed by atoms with Crippen LogP contribution in [0.5, 0.6) is 0 Å². The number of rotatable bonds is 7. The van der Waals surface area contributed by atoms with E-state index in [1.165, 1.54) is 10.8 Å². The molecular weight excluding hydrogens is 635 g/mol. The third-order valence-corrected chi connectivity index (χ3v) is 9.20. The van der Waals surface area contributed by atoms with Crippen LogP contribution in [0.15, 0.2) is 188 Å². The summed E-state index contributed by atoms with van der Waals surface area (Å²) in [5.74, 6) is 1.92. The molecule has 0 saturated heterocycles.